The van der Waals surface area contributed by atoms with Gasteiger partial charge in [0.1, 0.15) is 10.7 Å². The third kappa shape index (κ3) is 3.49. The number of hydrogen-bond donors (Lipinski definition) is 2. The Morgan fingerprint density at radius 2 is 1.90 bits per heavy atom. The first-order valence-electron chi connectivity index (χ1n) is 6.77. The van der Waals surface area contributed by atoms with Crippen LogP contribution in [-0.2, 0) is 10.0 Å². The van der Waals surface area contributed by atoms with E-state index in [-0.39, 0.29) is 22.0 Å². The molecule has 1 aliphatic rings. The van der Waals surface area contributed by atoms with Gasteiger partial charge in [0.2, 0.25) is 10.0 Å². The van der Waals surface area contributed by atoms with Gasteiger partial charge in [-0.2, -0.15) is 0 Å². The highest BCUT2D eigenvalue weighted by Gasteiger charge is 2.30. The normalized spacial score (nSPS) is 19.9. The molecule has 6 heteroatoms. The molecule has 0 radical (unpaired) electrons. The molecule has 0 aromatic heterocycles. The van der Waals surface area contributed by atoms with Crippen LogP contribution in [0.2, 0.25) is 0 Å². The van der Waals surface area contributed by atoms with Gasteiger partial charge < -0.3 is 5.73 Å². The van der Waals surface area contributed by atoms with Crippen LogP contribution in [0, 0.1) is 11.2 Å². The van der Waals surface area contributed by atoms with Gasteiger partial charge in [-0.3, -0.25) is 0 Å². The monoisotopic (exact) mass is 300 g/mol. The van der Waals surface area contributed by atoms with E-state index in [0.717, 1.165) is 37.8 Å². The molecule has 3 N–H and O–H groups in total. The van der Waals surface area contributed by atoms with Crippen LogP contribution in [0.25, 0.3) is 0 Å². The molecule has 0 bridgehead atoms. The lowest BCUT2D eigenvalue weighted by molar-refractivity contribution is 0.218. The Bertz CT molecular complexity index is 589. The number of rotatable bonds is 3. The minimum atomic E-state index is -3.77. The van der Waals surface area contributed by atoms with Crippen LogP contribution >= 0.6 is 0 Å². The SMILES string of the molecule is CC1(C)CCC(NS(=O)(=O)c2cc(F)ccc2N)CC1. The van der Waals surface area contributed by atoms with Crippen LogP contribution in [-0.4, -0.2) is 14.5 Å². The van der Waals surface area contributed by atoms with Crippen molar-refractivity contribution >= 4 is 15.7 Å². The first-order chi connectivity index (χ1) is 9.20. The summed E-state index contributed by atoms with van der Waals surface area (Å²) < 4.78 is 40.4. The molecule has 0 spiro atoms. The Balaban J connectivity index is 2.14. The van der Waals surface area contributed by atoms with Crippen molar-refractivity contribution in [1.29, 1.82) is 0 Å². The van der Waals surface area contributed by atoms with E-state index in [0.29, 0.717) is 0 Å². The van der Waals surface area contributed by atoms with E-state index >= 15 is 0 Å². The highest BCUT2D eigenvalue weighted by atomic mass is 32.2. The fourth-order valence-electron chi connectivity index (χ4n) is 2.54. The molecule has 1 fully saturated rings. The van der Waals surface area contributed by atoms with Crippen LogP contribution in [0.15, 0.2) is 23.1 Å². The van der Waals surface area contributed by atoms with Gasteiger partial charge in [-0.05, 0) is 49.3 Å². The van der Waals surface area contributed by atoms with Crippen molar-refractivity contribution in [2.75, 3.05) is 5.73 Å². The van der Waals surface area contributed by atoms with Gasteiger partial charge in [0.15, 0.2) is 0 Å². The van der Waals surface area contributed by atoms with Gasteiger partial charge in [-0.1, -0.05) is 13.8 Å². The molecule has 0 saturated heterocycles. The molecule has 1 saturated carbocycles. The van der Waals surface area contributed by atoms with E-state index < -0.39 is 15.8 Å². The van der Waals surface area contributed by atoms with E-state index in [1.54, 1.807) is 0 Å². The summed E-state index contributed by atoms with van der Waals surface area (Å²) in [5.41, 5.74) is 5.97. The Morgan fingerprint density at radius 1 is 1.30 bits per heavy atom. The summed E-state index contributed by atoms with van der Waals surface area (Å²) >= 11 is 0. The van der Waals surface area contributed by atoms with E-state index in [9.17, 15) is 12.8 Å². The molecule has 1 aromatic rings. The Labute approximate surface area is 119 Å². The highest BCUT2D eigenvalue weighted by Crippen LogP contribution is 2.35. The lowest BCUT2D eigenvalue weighted by Crippen LogP contribution is -2.39. The molecule has 112 valence electrons. The zero-order valence-electron chi connectivity index (χ0n) is 11.8. The molecular formula is C14H21FN2O2S. The Hall–Kier alpha value is -1.14. The molecule has 4 nitrogen and oxygen atoms in total. The van der Waals surface area contributed by atoms with Gasteiger partial charge >= 0.3 is 0 Å². The van der Waals surface area contributed by atoms with E-state index in [4.69, 9.17) is 5.73 Å². The topological polar surface area (TPSA) is 72.2 Å². The molecule has 0 amide bonds. The van der Waals surface area contributed by atoms with Crippen molar-refractivity contribution in [2.45, 2.75) is 50.5 Å². The molecule has 20 heavy (non-hydrogen) atoms. The van der Waals surface area contributed by atoms with Gasteiger partial charge in [0, 0.05) is 6.04 Å². The number of benzene rings is 1. The molecule has 0 aliphatic heterocycles. The van der Waals surface area contributed by atoms with Crippen LogP contribution in [0.4, 0.5) is 10.1 Å². The second-order valence-corrected chi connectivity index (χ2v) is 7.92. The van der Waals surface area contributed by atoms with Crippen molar-refractivity contribution in [3.05, 3.63) is 24.0 Å². The third-order valence-corrected chi connectivity index (χ3v) is 5.50. The van der Waals surface area contributed by atoms with E-state index in [1.165, 1.54) is 6.07 Å². The maximum atomic E-state index is 13.2. The van der Waals surface area contributed by atoms with Gasteiger partial charge in [-0.15, -0.1) is 0 Å². The number of halogens is 1. The number of anilines is 1. The molecule has 1 aliphatic carbocycles. The smallest absolute Gasteiger partial charge is 0.242 e. The van der Waals surface area contributed by atoms with Gasteiger partial charge in [-0.25, -0.2) is 17.5 Å². The highest BCUT2D eigenvalue weighted by molar-refractivity contribution is 7.89. The van der Waals surface area contributed by atoms with Crippen LogP contribution in [0.3, 0.4) is 0 Å². The summed E-state index contributed by atoms with van der Waals surface area (Å²) in [6.07, 6.45) is 3.53. The standard InChI is InChI=1S/C14H21FN2O2S/c1-14(2)7-5-11(6-8-14)17-20(18,19)13-9-10(15)3-4-12(13)16/h3-4,9,11,17H,5-8,16H2,1-2H3. The molecular weight excluding hydrogens is 279 g/mol. The largest absolute Gasteiger partial charge is 0.398 e. The van der Waals surface area contributed by atoms with E-state index in [2.05, 4.69) is 18.6 Å². The summed E-state index contributed by atoms with van der Waals surface area (Å²) in [6.45, 7) is 4.37. The van der Waals surface area contributed by atoms with Crippen LogP contribution in [0.1, 0.15) is 39.5 Å². The summed E-state index contributed by atoms with van der Waals surface area (Å²) in [5.74, 6) is -0.607. The number of nitrogen functional groups attached to an aromatic ring is 1. The Morgan fingerprint density at radius 3 is 2.50 bits per heavy atom. The number of nitrogens with one attached hydrogen (secondary N) is 1. The second kappa shape index (κ2) is 5.33. The van der Waals surface area contributed by atoms with Crippen molar-refractivity contribution in [1.82, 2.24) is 4.72 Å². The maximum Gasteiger partial charge on any atom is 0.242 e. The van der Waals surface area contributed by atoms with Crippen LogP contribution in [0.5, 0.6) is 0 Å². The second-order valence-electron chi connectivity index (χ2n) is 6.24. The number of sulfonamides is 1. The maximum absolute atomic E-state index is 13.2. The quantitative estimate of drug-likeness (QED) is 0.843. The van der Waals surface area contributed by atoms with Crippen LogP contribution < -0.4 is 10.5 Å². The molecule has 2 rings (SSSR count). The first kappa shape index (κ1) is 15.3. The predicted molar refractivity (Wildman–Crippen MR) is 77.2 cm³/mol. The lowest BCUT2D eigenvalue weighted by atomic mass is 9.76. The fraction of sp³-hybridized carbons (Fsp3) is 0.571. The van der Waals surface area contributed by atoms with Crippen molar-refractivity contribution in [2.24, 2.45) is 5.41 Å². The fourth-order valence-corrected chi connectivity index (χ4v) is 3.99. The zero-order valence-corrected chi connectivity index (χ0v) is 12.6. The summed E-state index contributed by atoms with van der Waals surface area (Å²) in [6, 6.07) is 3.28. The lowest BCUT2D eigenvalue weighted by Gasteiger charge is -2.34. The Kier molecular flexibility index (Phi) is 4.07. The van der Waals surface area contributed by atoms with E-state index in [1.807, 2.05) is 0 Å². The number of hydrogen-bond acceptors (Lipinski definition) is 3. The molecule has 0 atom stereocenters. The zero-order chi connectivity index (χ0) is 15.0. The third-order valence-electron chi connectivity index (χ3n) is 3.93. The minimum Gasteiger partial charge on any atom is -0.398 e. The average molecular weight is 300 g/mol. The molecule has 1 aromatic carbocycles. The van der Waals surface area contributed by atoms with Crippen molar-refractivity contribution in [3.8, 4) is 0 Å². The van der Waals surface area contributed by atoms with Gasteiger partial charge in [0.25, 0.3) is 0 Å². The molecule has 0 unspecified atom stereocenters. The minimum absolute atomic E-state index is 0.0649. The summed E-state index contributed by atoms with van der Waals surface area (Å²) in [5, 5.41) is 0. The molecule has 0 heterocycles. The summed E-state index contributed by atoms with van der Waals surface area (Å²) in [7, 11) is -3.77. The first-order valence-corrected chi connectivity index (χ1v) is 8.25. The average Bonchev–Trinajstić information content (AvgIpc) is 2.35. The van der Waals surface area contributed by atoms with Crippen molar-refractivity contribution < 1.29 is 12.8 Å². The van der Waals surface area contributed by atoms with Gasteiger partial charge in [0.05, 0.1) is 5.69 Å². The number of nitrogens with two attached hydrogens (primary N) is 1. The van der Waals surface area contributed by atoms with Crippen molar-refractivity contribution in [3.63, 3.8) is 0 Å². The summed E-state index contributed by atoms with van der Waals surface area (Å²) in [4.78, 5) is -0.178. The predicted octanol–water partition coefficient (Wildman–Crippen LogP) is 2.66.